The first-order valence-corrected chi connectivity index (χ1v) is 13.2. The third-order valence-corrected chi connectivity index (χ3v) is 6.21. The van der Waals surface area contributed by atoms with Crippen molar-refractivity contribution in [2.75, 3.05) is 13.1 Å². The minimum absolute atomic E-state index is 0.0950. The Bertz CT molecular complexity index is 613. The maximum atomic E-state index is 12.7. The van der Waals surface area contributed by atoms with Crippen LogP contribution in [-0.4, -0.2) is 36.9 Å². The largest absolute Gasteiger partial charge is 0.481 e. The Morgan fingerprint density at radius 1 is 0.933 bits per heavy atom. The quantitative estimate of drug-likeness (QED) is 0.552. The second-order valence-electron chi connectivity index (χ2n) is 5.82. The number of carboxylic acids is 1. The summed E-state index contributed by atoms with van der Waals surface area (Å²) in [7, 11) is -3.48. The topological polar surface area (TPSA) is 74.7 Å². The third kappa shape index (κ3) is 12.3. The molecule has 1 unspecified atom stereocenters. The summed E-state index contributed by atoms with van der Waals surface area (Å²) in [6.07, 6.45) is 3.89. The molecule has 178 valence electrons. The van der Waals surface area contributed by atoms with E-state index in [1.807, 2.05) is 55.4 Å². The van der Waals surface area contributed by atoms with Gasteiger partial charge in [0.05, 0.1) is 11.3 Å². The van der Waals surface area contributed by atoms with Gasteiger partial charge in [-0.05, 0) is 42.9 Å². The van der Waals surface area contributed by atoms with Gasteiger partial charge in [0.15, 0.2) is 0 Å². The first-order chi connectivity index (χ1) is 14.4. The molecular formula is C24H47NO4S. The minimum atomic E-state index is -3.48. The number of hydrogen-bond acceptors (Lipinski definition) is 3. The molecule has 5 nitrogen and oxygen atoms in total. The molecule has 0 saturated carbocycles. The van der Waals surface area contributed by atoms with Crippen LogP contribution in [0.4, 0.5) is 0 Å². The third-order valence-electron chi connectivity index (χ3n) is 4.30. The number of carboxylic acid groups (broad SMARTS) is 1. The zero-order chi connectivity index (χ0) is 24.2. The van der Waals surface area contributed by atoms with Gasteiger partial charge < -0.3 is 5.11 Å². The van der Waals surface area contributed by atoms with Crippen molar-refractivity contribution in [1.29, 1.82) is 0 Å². The molecule has 2 rings (SSSR count). The highest BCUT2D eigenvalue weighted by atomic mass is 32.2. The second-order valence-corrected chi connectivity index (χ2v) is 7.76. The summed E-state index contributed by atoms with van der Waals surface area (Å²) in [5.74, 6) is -0.313. The lowest BCUT2D eigenvalue weighted by Gasteiger charge is -2.20. The number of sulfonamides is 1. The summed E-state index contributed by atoms with van der Waals surface area (Å²) in [4.78, 5) is 10.9. The normalized spacial score (nSPS) is 15.8. The molecular weight excluding hydrogens is 398 g/mol. The summed E-state index contributed by atoms with van der Waals surface area (Å²) in [5, 5.41) is 8.75. The summed E-state index contributed by atoms with van der Waals surface area (Å²) in [6, 6.07) is 6.17. The Balaban J connectivity index is -0.000000815. The number of carbonyl (C=O) groups is 1. The van der Waals surface area contributed by atoms with Gasteiger partial charge in [-0.1, -0.05) is 80.9 Å². The SMILES string of the molecule is CC.CC.CC.CC.CCC1CCCN(S(=O)(=O)c2ccc(CC(=O)O)cc2)CC1. The molecule has 1 saturated heterocycles. The van der Waals surface area contributed by atoms with Gasteiger partial charge in [0.25, 0.3) is 0 Å². The van der Waals surface area contributed by atoms with E-state index in [0.29, 0.717) is 24.6 Å². The molecule has 30 heavy (non-hydrogen) atoms. The number of benzene rings is 1. The van der Waals surface area contributed by atoms with Gasteiger partial charge in [-0.3, -0.25) is 4.79 Å². The van der Waals surface area contributed by atoms with Crippen molar-refractivity contribution in [2.24, 2.45) is 5.92 Å². The van der Waals surface area contributed by atoms with E-state index in [1.54, 1.807) is 16.4 Å². The van der Waals surface area contributed by atoms with E-state index >= 15 is 0 Å². The second kappa shape index (κ2) is 20.9. The van der Waals surface area contributed by atoms with E-state index in [2.05, 4.69) is 6.92 Å². The van der Waals surface area contributed by atoms with Crippen LogP contribution >= 0.6 is 0 Å². The highest BCUT2D eigenvalue weighted by Crippen LogP contribution is 2.25. The number of hydrogen-bond donors (Lipinski definition) is 1. The van der Waals surface area contributed by atoms with Crippen LogP contribution in [0.15, 0.2) is 29.2 Å². The molecule has 1 aromatic carbocycles. The molecule has 0 spiro atoms. The van der Waals surface area contributed by atoms with Crippen LogP contribution < -0.4 is 0 Å². The zero-order valence-corrected chi connectivity index (χ0v) is 21.7. The maximum Gasteiger partial charge on any atom is 0.307 e. The zero-order valence-electron chi connectivity index (χ0n) is 20.9. The fourth-order valence-corrected chi connectivity index (χ4v) is 4.38. The van der Waals surface area contributed by atoms with E-state index in [-0.39, 0.29) is 11.3 Å². The monoisotopic (exact) mass is 445 g/mol. The molecule has 0 aromatic heterocycles. The molecule has 1 N–H and O–H groups in total. The van der Waals surface area contributed by atoms with Crippen molar-refractivity contribution >= 4 is 16.0 Å². The van der Waals surface area contributed by atoms with Gasteiger partial charge in [-0.25, -0.2) is 8.42 Å². The van der Waals surface area contributed by atoms with E-state index in [0.717, 1.165) is 25.7 Å². The molecule has 1 aliphatic heterocycles. The van der Waals surface area contributed by atoms with Gasteiger partial charge in [-0.2, -0.15) is 4.31 Å². The molecule has 0 amide bonds. The molecule has 0 bridgehead atoms. The summed E-state index contributed by atoms with van der Waals surface area (Å²) in [5.41, 5.74) is 0.605. The average Bonchev–Trinajstić information content (AvgIpc) is 3.06. The van der Waals surface area contributed by atoms with Crippen LogP contribution in [0.2, 0.25) is 0 Å². The fraction of sp³-hybridized carbons (Fsp3) is 0.708. The average molecular weight is 446 g/mol. The van der Waals surface area contributed by atoms with Crippen molar-refractivity contribution in [2.45, 2.75) is 99.3 Å². The van der Waals surface area contributed by atoms with Crippen molar-refractivity contribution in [3.8, 4) is 0 Å². The van der Waals surface area contributed by atoms with Gasteiger partial charge in [0.1, 0.15) is 0 Å². The van der Waals surface area contributed by atoms with Crippen LogP contribution in [0.25, 0.3) is 0 Å². The standard InChI is InChI=1S/C16H23NO4S.4C2H6/c1-2-13-4-3-10-17(11-9-13)22(20,21)15-7-5-14(6-8-15)12-16(18)19;4*1-2/h5-8,13H,2-4,9-12H2,1H3,(H,18,19);4*1-2H3. The van der Waals surface area contributed by atoms with Crippen molar-refractivity contribution < 1.29 is 18.3 Å². The molecule has 1 fully saturated rings. The van der Waals surface area contributed by atoms with Crippen LogP contribution in [-0.2, 0) is 21.2 Å². The van der Waals surface area contributed by atoms with E-state index in [9.17, 15) is 13.2 Å². The Morgan fingerprint density at radius 3 is 1.87 bits per heavy atom. The predicted molar refractivity (Wildman–Crippen MR) is 130 cm³/mol. The molecule has 1 atom stereocenters. The smallest absolute Gasteiger partial charge is 0.307 e. The van der Waals surface area contributed by atoms with Gasteiger partial charge in [-0.15, -0.1) is 0 Å². The minimum Gasteiger partial charge on any atom is -0.481 e. The lowest BCUT2D eigenvalue weighted by atomic mass is 9.98. The van der Waals surface area contributed by atoms with Crippen LogP contribution in [0, 0.1) is 5.92 Å². The molecule has 6 heteroatoms. The van der Waals surface area contributed by atoms with Crippen LogP contribution in [0.1, 0.15) is 93.6 Å². The van der Waals surface area contributed by atoms with E-state index in [4.69, 9.17) is 5.11 Å². The van der Waals surface area contributed by atoms with Crippen LogP contribution in [0.3, 0.4) is 0 Å². The maximum absolute atomic E-state index is 12.7. The van der Waals surface area contributed by atoms with E-state index in [1.165, 1.54) is 12.1 Å². The highest BCUT2D eigenvalue weighted by Gasteiger charge is 2.27. The number of aliphatic carboxylic acids is 1. The van der Waals surface area contributed by atoms with Crippen molar-refractivity contribution in [1.82, 2.24) is 4.31 Å². The van der Waals surface area contributed by atoms with Crippen molar-refractivity contribution in [3.63, 3.8) is 0 Å². The lowest BCUT2D eigenvalue weighted by molar-refractivity contribution is -0.136. The molecule has 1 heterocycles. The predicted octanol–water partition coefficient (Wildman–Crippen LogP) is 6.62. The van der Waals surface area contributed by atoms with Crippen molar-refractivity contribution in [3.05, 3.63) is 29.8 Å². The lowest BCUT2D eigenvalue weighted by Crippen LogP contribution is -2.32. The Morgan fingerprint density at radius 2 is 1.43 bits per heavy atom. The van der Waals surface area contributed by atoms with E-state index < -0.39 is 16.0 Å². The summed E-state index contributed by atoms with van der Waals surface area (Å²) < 4.78 is 26.9. The molecule has 1 aromatic rings. The summed E-state index contributed by atoms with van der Waals surface area (Å²) >= 11 is 0. The van der Waals surface area contributed by atoms with Gasteiger partial charge in [0.2, 0.25) is 10.0 Å². The van der Waals surface area contributed by atoms with Crippen LogP contribution in [0.5, 0.6) is 0 Å². The first kappa shape index (κ1) is 33.2. The Kier molecular flexibility index (Phi) is 23.1. The number of nitrogens with zero attached hydrogens (tertiary/aromatic N) is 1. The summed E-state index contributed by atoms with van der Waals surface area (Å²) in [6.45, 7) is 19.3. The Hall–Kier alpha value is -1.40. The Labute approximate surface area is 186 Å². The molecule has 1 aliphatic rings. The molecule has 0 radical (unpaired) electrons. The fourth-order valence-electron chi connectivity index (χ4n) is 2.89. The first-order valence-electron chi connectivity index (χ1n) is 11.7. The van der Waals surface area contributed by atoms with Gasteiger partial charge >= 0.3 is 5.97 Å². The highest BCUT2D eigenvalue weighted by molar-refractivity contribution is 7.89. The van der Waals surface area contributed by atoms with Gasteiger partial charge in [0, 0.05) is 13.1 Å². The number of rotatable bonds is 5. The molecule has 0 aliphatic carbocycles.